The molecule has 0 unspecified atom stereocenters. The molecule has 0 fully saturated rings. The number of nitrogens with zero attached hydrogens (tertiary/aromatic N) is 1. The number of hydrogen-bond acceptors (Lipinski definition) is 4. The Labute approximate surface area is 187 Å². The number of Topliss-reactive ketones (excluding diaryl/α,β-unsaturated/α-hetero) is 1. The lowest BCUT2D eigenvalue weighted by Gasteiger charge is -2.27. The van der Waals surface area contributed by atoms with E-state index in [9.17, 15) is 4.79 Å². The number of ketones is 1. The molecule has 4 rings (SSSR count). The van der Waals surface area contributed by atoms with Gasteiger partial charge in [0, 0.05) is 5.56 Å². The van der Waals surface area contributed by atoms with E-state index in [1.54, 1.807) is 0 Å². The van der Waals surface area contributed by atoms with Gasteiger partial charge in [0.05, 0.1) is 5.09 Å². The molecule has 0 heterocycles. The Kier molecular flexibility index (Phi) is 7.85. The normalized spacial score (nSPS) is 10.5. The lowest BCUT2D eigenvalue weighted by molar-refractivity contribution is -0.402. The zero-order chi connectivity index (χ0) is 22.8. The van der Waals surface area contributed by atoms with Gasteiger partial charge in [-0.3, -0.25) is 4.79 Å². The van der Waals surface area contributed by atoms with Crippen LogP contribution in [0.3, 0.4) is 0 Å². The maximum Gasteiger partial charge on any atom is 0.201 e. The van der Waals surface area contributed by atoms with Gasteiger partial charge >= 0.3 is 0 Å². The van der Waals surface area contributed by atoms with Crippen molar-refractivity contribution in [2.75, 3.05) is 6.16 Å². The first-order valence-electron chi connectivity index (χ1n) is 9.99. The van der Waals surface area contributed by atoms with Gasteiger partial charge < -0.3 is 15.3 Å². The van der Waals surface area contributed by atoms with Crippen LogP contribution >= 0.6 is 7.26 Å². The molecule has 5 nitrogen and oxygen atoms in total. The van der Waals surface area contributed by atoms with Gasteiger partial charge in [0.25, 0.3) is 0 Å². The molecule has 6 heteroatoms. The van der Waals surface area contributed by atoms with E-state index in [0.29, 0.717) is 6.16 Å². The highest BCUT2D eigenvalue weighted by Crippen LogP contribution is 2.55. The van der Waals surface area contributed by atoms with Crippen LogP contribution in [0.25, 0.3) is 0 Å². The highest BCUT2D eigenvalue weighted by molar-refractivity contribution is 7.96. The summed E-state index contributed by atoms with van der Waals surface area (Å²) < 4.78 is 0. The third-order valence-corrected chi connectivity index (χ3v) is 9.37. The van der Waals surface area contributed by atoms with Gasteiger partial charge in [-0.25, -0.2) is 0 Å². The first-order valence-corrected chi connectivity index (χ1v) is 12.0. The topological polar surface area (TPSA) is 83.3 Å². The first kappa shape index (κ1) is 22.9. The second-order valence-corrected chi connectivity index (χ2v) is 10.5. The van der Waals surface area contributed by atoms with Crippen LogP contribution in [-0.4, -0.2) is 17.0 Å². The molecule has 0 atom stereocenters. The average Bonchev–Trinajstić information content (AvgIpc) is 2.84. The summed E-state index contributed by atoms with van der Waals surface area (Å²) in [5.74, 6) is 0.186. The zero-order valence-electron chi connectivity index (χ0n) is 17.3. The fourth-order valence-electron chi connectivity index (χ4n) is 3.70. The molecule has 0 saturated heterocycles. The predicted molar refractivity (Wildman–Crippen MR) is 131 cm³/mol. The van der Waals surface area contributed by atoms with Crippen LogP contribution in [0.4, 0.5) is 0 Å². The smallest absolute Gasteiger partial charge is 0.201 e. The lowest BCUT2D eigenvalue weighted by Crippen LogP contribution is -2.35. The monoisotopic (exact) mass is 443 g/mol. The summed E-state index contributed by atoms with van der Waals surface area (Å²) in [5.41, 5.74) is 0.773. The average molecular weight is 443 g/mol. The van der Waals surface area contributed by atoms with E-state index in [-0.39, 0.29) is 5.78 Å². The van der Waals surface area contributed by atoms with E-state index in [1.165, 1.54) is 15.9 Å². The van der Waals surface area contributed by atoms with Crippen molar-refractivity contribution < 1.29 is 9.88 Å². The van der Waals surface area contributed by atoms with E-state index in [0.717, 1.165) is 5.56 Å². The summed E-state index contributed by atoms with van der Waals surface area (Å²) in [6.07, 6.45) is 0.481. The van der Waals surface area contributed by atoms with Crippen molar-refractivity contribution in [3.8, 4) is 0 Å². The van der Waals surface area contributed by atoms with Crippen LogP contribution in [-0.2, 0) is 0 Å². The van der Waals surface area contributed by atoms with Crippen molar-refractivity contribution in [3.63, 3.8) is 0 Å². The van der Waals surface area contributed by atoms with Gasteiger partial charge in [0.2, 0.25) is 5.78 Å². The van der Waals surface area contributed by atoms with Crippen LogP contribution in [0, 0.1) is 15.3 Å². The molecule has 0 N–H and O–H groups in total. The predicted octanol–water partition coefficient (Wildman–Crippen LogP) is 4.62. The highest BCUT2D eigenvalue weighted by atomic mass is 31.2. The van der Waals surface area contributed by atoms with Crippen molar-refractivity contribution in [2.24, 2.45) is 0 Å². The molecule has 0 aliphatic heterocycles. The minimum Gasteiger partial charge on any atom is -0.356 e. The van der Waals surface area contributed by atoms with Gasteiger partial charge in [-0.2, -0.15) is 0 Å². The molecule has 0 spiro atoms. The third-order valence-electron chi connectivity index (χ3n) is 5.07. The standard InChI is InChI=1S/C26H22OP.NO3/c27-26(22-13-5-1-6-14-22)21-28(23-15-7-2-8-16-23,24-17-9-3-10-18-24)25-19-11-4-12-20-25;2-1(3)4/h1-20H,21H2;/q+1;-1. The summed E-state index contributed by atoms with van der Waals surface area (Å²) in [7, 11) is -2.12. The van der Waals surface area contributed by atoms with Crippen molar-refractivity contribution in [1.29, 1.82) is 0 Å². The number of benzene rings is 4. The minimum atomic E-state index is -2.12. The Morgan fingerprint density at radius 2 is 0.875 bits per heavy atom. The molecule has 0 aliphatic rings. The van der Waals surface area contributed by atoms with Crippen molar-refractivity contribution in [1.82, 2.24) is 0 Å². The largest absolute Gasteiger partial charge is 0.356 e. The molecule has 32 heavy (non-hydrogen) atoms. The summed E-state index contributed by atoms with van der Waals surface area (Å²) >= 11 is 0. The molecule has 0 amide bonds. The van der Waals surface area contributed by atoms with E-state index in [1.807, 2.05) is 48.5 Å². The van der Waals surface area contributed by atoms with Gasteiger partial charge in [-0.15, -0.1) is 0 Å². The minimum absolute atomic E-state index is 0.186. The molecule has 4 aromatic carbocycles. The lowest BCUT2D eigenvalue weighted by atomic mass is 10.2. The summed E-state index contributed by atoms with van der Waals surface area (Å²) in [4.78, 5) is 21.7. The number of carbonyl (C=O) groups excluding carboxylic acids is 1. The second-order valence-electron chi connectivity index (χ2n) is 6.99. The van der Waals surface area contributed by atoms with E-state index >= 15 is 0 Å². The van der Waals surface area contributed by atoms with Crippen molar-refractivity contribution in [3.05, 3.63) is 142 Å². The third kappa shape index (κ3) is 5.45. The van der Waals surface area contributed by atoms with Gasteiger partial charge in [-0.1, -0.05) is 84.9 Å². The van der Waals surface area contributed by atoms with Crippen LogP contribution in [0.2, 0.25) is 0 Å². The molecule has 0 bridgehead atoms. The van der Waals surface area contributed by atoms with Crippen LogP contribution in [0.5, 0.6) is 0 Å². The number of hydrogen-bond donors (Lipinski definition) is 0. The highest BCUT2D eigenvalue weighted by Gasteiger charge is 2.47. The van der Waals surface area contributed by atoms with Crippen LogP contribution < -0.4 is 15.9 Å². The summed E-state index contributed by atoms with van der Waals surface area (Å²) in [6, 6.07) is 41.2. The molecule has 0 aromatic heterocycles. The Bertz CT molecular complexity index is 1040. The van der Waals surface area contributed by atoms with E-state index in [4.69, 9.17) is 15.3 Å². The Hall–Kier alpha value is -3.82. The summed E-state index contributed by atoms with van der Waals surface area (Å²) in [6.45, 7) is 0. The molecule has 160 valence electrons. The number of carbonyl (C=O) groups is 1. The SMILES string of the molecule is O=C(C[P+](c1ccccc1)(c1ccccc1)c1ccccc1)c1ccccc1.O=[N+]([O-])[O-]. The van der Waals surface area contributed by atoms with E-state index < -0.39 is 12.3 Å². The van der Waals surface area contributed by atoms with Crippen molar-refractivity contribution >= 4 is 29.0 Å². The van der Waals surface area contributed by atoms with Crippen molar-refractivity contribution in [2.45, 2.75) is 0 Å². The number of rotatable bonds is 6. The Morgan fingerprint density at radius 1 is 0.594 bits per heavy atom. The maximum atomic E-state index is 13.4. The molecule has 0 aliphatic carbocycles. The Morgan fingerprint density at radius 3 is 1.19 bits per heavy atom. The maximum absolute atomic E-state index is 13.4. The van der Waals surface area contributed by atoms with E-state index in [2.05, 4.69) is 72.8 Å². The molecular weight excluding hydrogens is 421 g/mol. The Balaban J connectivity index is 0.000000668. The molecule has 0 radical (unpaired) electrons. The van der Waals surface area contributed by atoms with Crippen LogP contribution in [0.1, 0.15) is 10.4 Å². The second kappa shape index (κ2) is 11.0. The van der Waals surface area contributed by atoms with Gasteiger partial charge in [-0.05, 0) is 36.4 Å². The quantitative estimate of drug-likeness (QED) is 0.188. The summed E-state index contributed by atoms with van der Waals surface area (Å²) in [5, 5.41) is 18.4. The first-order chi connectivity index (χ1) is 15.5. The molecule has 0 saturated carbocycles. The molecular formula is C26H22NO4P. The molecule has 4 aromatic rings. The zero-order valence-corrected chi connectivity index (χ0v) is 18.2. The van der Waals surface area contributed by atoms with Gasteiger partial charge in [0.1, 0.15) is 29.3 Å². The fraction of sp³-hybridized carbons (Fsp3) is 0.0385. The van der Waals surface area contributed by atoms with Gasteiger partial charge in [0.15, 0.2) is 0 Å². The fourth-order valence-corrected chi connectivity index (χ4v) is 7.80. The van der Waals surface area contributed by atoms with Crippen LogP contribution in [0.15, 0.2) is 121 Å².